The first-order chi connectivity index (χ1) is 13.2. The topological polar surface area (TPSA) is 83.6 Å². The first-order valence-electron chi connectivity index (χ1n) is 8.64. The Morgan fingerprint density at radius 1 is 1.19 bits per heavy atom. The minimum absolute atomic E-state index is 0.270. The van der Waals surface area contributed by atoms with Crippen LogP contribution in [0.2, 0.25) is 0 Å². The summed E-state index contributed by atoms with van der Waals surface area (Å²) in [6.07, 6.45) is 2.42. The summed E-state index contributed by atoms with van der Waals surface area (Å²) in [6, 6.07) is 17.1. The molecule has 2 aromatic carbocycles. The van der Waals surface area contributed by atoms with Crippen LogP contribution in [0, 0.1) is 11.3 Å². The largest absolute Gasteiger partial charge is 0.321 e. The van der Waals surface area contributed by atoms with E-state index >= 15 is 0 Å². The summed E-state index contributed by atoms with van der Waals surface area (Å²) in [7, 11) is 0. The molecular formula is C20H16BrN5O. The molecule has 0 spiro atoms. The van der Waals surface area contributed by atoms with Crippen molar-refractivity contribution in [3.05, 3.63) is 70.0 Å². The summed E-state index contributed by atoms with van der Waals surface area (Å²) in [5.74, 6) is 0.0377. The fourth-order valence-electron chi connectivity index (χ4n) is 2.93. The number of hydrogen-bond donors (Lipinski definition) is 1. The Balaban J connectivity index is 1.60. The zero-order valence-electron chi connectivity index (χ0n) is 14.4. The zero-order chi connectivity index (χ0) is 18.8. The van der Waals surface area contributed by atoms with Gasteiger partial charge in [0.1, 0.15) is 0 Å². The van der Waals surface area contributed by atoms with Gasteiger partial charge in [-0.1, -0.05) is 33.3 Å². The molecule has 3 aromatic rings. The van der Waals surface area contributed by atoms with Crippen molar-refractivity contribution in [2.75, 3.05) is 5.32 Å². The molecule has 1 N–H and O–H groups in total. The maximum atomic E-state index is 12.8. The highest BCUT2D eigenvalue weighted by Crippen LogP contribution is 2.42. The van der Waals surface area contributed by atoms with Crippen LogP contribution in [-0.2, 0) is 6.42 Å². The average Bonchev–Trinajstić information content (AvgIpc) is 3.42. The van der Waals surface area contributed by atoms with E-state index in [1.807, 2.05) is 36.4 Å². The van der Waals surface area contributed by atoms with E-state index in [1.165, 1.54) is 0 Å². The van der Waals surface area contributed by atoms with Crippen molar-refractivity contribution in [3.63, 3.8) is 0 Å². The van der Waals surface area contributed by atoms with Gasteiger partial charge in [0.05, 0.1) is 23.9 Å². The molecule has 1 saturated carbocycles. The van der Waals surface area contributed by atoms with E-state index in [0.717, 1.165) is 34.3 Å². The first kappa shape index (κ1) is 17.4. The molecule has 27 heavy (non-hydrogen) atoms. The highest BCUT2D eigenvalue weighted by atomic mass is 79.9. The van der Waals surface area contributed by atoms with Gasteiger partial charge in [-0.3, -0.25) is 4.79 Å². The van der Waals surface area contributed by atoms with E-state index < -0.39 is 0 Å². The Kier molecular flexibility index (Phi) is 4.73. The molecule has 0 saturated heterocycles. The number of aromatic nitrogens is 3. The summed E-state index contributed by atoms with van der Waals surface area (Å²) >= 11 is 3.43. The fraction of sp³-hybridized carbons (Fsp3) is 0.200. The van der Waals surface area contributed by atoms with Crippen LogP contribution in [0.1, 0.15) is 40.5 Å². The summed E-state index contributed by atoms with van der Waals surface area (Å²) < 4.78 is 2.74. The first-order valence-corrected chi connectivity index (χ1v) is 9.44. The van der Waals surface area contributed by atoms with E-state index in [2.05, 4.69) is 37.6 Å². The minimum Gasteiger partial charge on any atom is -0.321 e. The summed E-state index contributed by atoms with van der Waals surface area (Å²) in [5, 5.41) is 20.0. The fourth-order valence-corrected chi connectivity index (χ4v) is 3.20. The molecule has 7 heteroatoms. The Morgan fingerprint density at radius 2 is 1.89 bits per heavy atom. The van der Waals surface area contributed by atoms with Gasteiger partial charge in [0.15, 0.2) is 5.69 Å². The number of hydrogen-bond acceptors (Lipinski definition) is 4. The molecule has 0 atom stereocenters. The monoisotopic (exact) mass is 421 g/mol. The second kappa shape index (κ2) is 7.33. The van der Waals surface area contributed by atoms with Crippen molar-refractivity contribution in [1.82, 2.24) is 15.0 Å². The van der Waals surface area contributed by atoms with Gasteiger partial charge in [-0.25, -0.2) is 4.68 Å². The molecule has 1 aliphatic rings. The Morgan fingerprint density at radius 3 is 2.52 bits per heavy atom. The van der Waals surface area contributed by atoms with Crippen LogP contribution in [0.5, 0.6) is 0 Å². The molecule has 1 aliphatic carbocycles. The predicted octanol–water partition coefficient (Wildman–Crippen LogP) is 4.23. The van der Waals surface area contributed by atoms with E-state index in [0.29, 0.717) is 23.7 Å². The normalized spacial score (nSPS) is 13.2. The number of nitriles is 1. The number of nitrogens with one attached hydrogen (secondary N) is 1. The van der Waals surface area contributed by atoms with Crippen LogP contribution < -0.4 is 5.32 Å². The second-order valence-electron chi connectivity index (χ2n) is 6.47. The molecule has 4 rings (SSSR count). The minimum atomic E-state index is -0.270. The van der Waals surface area contributed by atoms with E-state index in [1.54, 1.807) is 16.8 Å². The van der Waals surface area contributed by atoms with Gasteiger partial charge < -0.3 is 5.32 Å². The number of halogens is 1. The molecule has 1 amide bonds. The lowest BCUT2D eigenvalue weighted by molar-refractivity contribution is 0.102. The van der Waals surface area contributed by atoms with Gasteiger partial charge in [0.25, 0.3) is 5.91 Å². The Bertz CT molecular complexity index is 1010. The average molecular weight is 422 g/mol. The zero-order valence-corrected chi connectivity index (χ0v) is 16.0. The lowest BCUT2D eigenvalue weighted by atomic mass is 10.1. The van der Waals surface area contributed by atoms with Gasteiger partial charge >= 0.3 is 0 Å². The van der Waals surface area contributed by atoms with E-state index in [-0.39, 0.29) is 5.91 Å². The lowest BCUT2D eigenvalue weighted by Gasteiger charge is -2.08. The van der Waals surface area contributed by atoms with Crippen molar-refractivity contribution >= 4 is 27.5 Å². The molecule has 0 bridgehead atoms. The molecule has 1 fully saturated rings. The molecular weight excluding hydrogens is 406 g/mol. The second-order valence-corrected chi connectivity index (χ2v) is 7.39. The van der Waals surface area contributed by atoms with Crippen LogP contribution in [0.15, 0.2) is 53.0 Å². The number of nitrogens with zero attached hydrogens (tertiary/aromatic N) is 4. The van der Waals surface area contributed by atoms with Crippen molar-refractivity contribution < 1.29 is 4.79 Å². The molecule has 1 heterocycles. The summed E-state index contributed by atoms with van der Waals surface area (Å²) in [5.41, 5.74) is 3.68. The van der Waals surface area contributed by atoms with Gasteiger partial charge in [0, 0.05) is 16.1 Å². The summed E-state index contributed by atoms with van der Waals surface area (Å²) in [6.45, 7) is 0. The highest BCUT2D eigenvalue weighted by Gasteiger charge is 2.34. The highest BCUT2D eigenvalue weighted by molar-refractivity contribution is 9.10. The third kappa shape index (κ3) is 3.76. The molecule has 134 valence electrons. The SMILES string of the molecule is N#CCc1ccc(NC(=O)c2nnn(-c3ccc(Br)cc3)c2C2CC2)cc1. The third-order valence-electron chi connectivity index (χ3n) is 4.45. The number of carbonyl (C=O) groups excluding carboxylic acids is 1. The number of rotatable bonds is 5. The summed E-state index contributed by atoms with van der Waals surface area (Å²) in [4.78, 5) is 12.8. The van der Waals surface area contributed by atoms with Crippen LogP contribution in [0.25, 0.3) is 5.69 Å². The van der Waals surface area contributed by atoms with Crippen LogP contribution in [-0.4, -0.2) is 20.9 Å². The molecule has 0 aliphatic heterocycles. The van der Waals surface area contributed by atoms with Gasteiger partial charge in [-0.15, -0.1) is 5.10 Å². The molecule has 0 radical (unpaired) electrons. The van der Waals surface area contributed by atoms with Gasteiger partial charge in [0.2, 0.25) is 0 Å². The van der Waals surface area contributed by atoms with Gasteiger partial charge in [-0.05, 0) is 54.8 Å². The number of anilines is 1. The standard InChI is InChI=1S/C20H16BrN5O/c21-15-5-9-17(10-6-15)26-19(14-3-4-14)18(24-25-26)20(27)23-16-7-1-13(2-8-16)11-12-22/h1-2,5-10,14H,3-4,11H2,(H,23,27). The number of benzene rings is 2. The number of carbonyl (C=O) groups is 1. The Labute approximate surface area is 164 Å². The van der Waals surface area contributed by atoms with E-state index in [4.69, 9.17) is 5.26 Å². The van der Waals surface area contributed by atoms with Crippen molar-refractivity contribution in [2.24, 2.45) is 0 Å². The smallest absolute Gasteiger partial charge is 0.278 e. The Hall–Kier alpha value is -2.98. The molecule has 6 nitrogen and oxygen atoms in total. The third-order valence-corrected chi connectivity index (χ3v) is 4.98. The molecule has 1 aromatic heterocycles. The lowest BCUT2D eigenvalue weighted by Crippen LogP contribution is -2.15. The quantitative estimate of drug-likeness (QED) is 0.667. The number of amides is 1. The molecule has 0 unspecified atom stereocenters. The van der Waals surface area contributed by atoms with Crippen LogP contribution in [0.3, 0.4) is 0 Å². The predicted molar refractivity (Wildman–Crippen MR) is 105 cm³/mol. The van der Waals surface area contributed by atoms with Crippen LogP contribution >= 0.6 is 15.9 Å². The van der Waals surface area contributed by atoms with Crippen molar-refractivity contribution in [3.8, 4) is 11.8 Å². The maximum absolute atomic E-state index is 12.8. The van der Waals surface area contributed by atoms with Crippen molar-refractivity contribution in [1.29, 1.82) is 5.26 Å². The van der Waals surface area contributed by atoms with Crippen molar-refractivity contribution in [2.45, 2.75) is 25.2 Å². The van der Waals surface area contributed by atoms with Gasteiger partial charge in [-0.2, -0.15) is 5.26 Å². The maximum Gasteiger partial charge on any atom is 0.278 e. The van der Waals surface area contributed by atoms with Crippen LogP contribution in [0.4, 0.5) is 5.69 Å². The van der Waals surface area contributed by atoms with E-state index in [9.17, 15) is 4.79 Å².